The molecule has 0 saturated carbocycles. The number of nitrogens with zero attached hydrogens (tertiary/aromatic N) is 4. The standard InChI is InChI=1S/C17H23N5O2/c1-14(12-20-7-6-18-13-20)19-17(24)22-10-8-21(9-11-22)15-4-2-3-5-16(15)23/h2-7,13-14,23H,8-12H2,1H3,(H,19,24). The number of para-hydroxylation sites is 2. The zero-order valence-electron chi connectivity index (χ0n) is 13.8. The average Bonchev–Trinajstić information content (AvgIpc) is 3.08. The van der Waals surface area contributed by atoms with E-state index in [0.717, 1.165) is 5.69 Å². The molecule has 0 aliphatic carbocycles. The number of rotatable bonds is 4. The van der Waals surface area contributed by atoms with Crippen molar-refractivity contribution in [1.82, 2.24) is 19.8 Å². The van der Waals surface area contributed by atoms with Gasteiger partial charge in [-0.15, -0.1) is 0 Å². The number of amides is 2. The van der Waals surface area contributed by atoms with Crippen molar-refractivity contribution in [3.05, 3.63) is 43.0 Å². The third kappa shape index (κ3) is 3.79. The van der Waals surface area contributed by atoms with Gasteiger partial charge in [0.15, 0.2) is 0 Å². The quantitative estimate of drug-likeness (QED) is 0.892. The van der Waals surface area contributed by atoms with Crippen LogP contribution in [0.2, 0.25) is 0 Å². The minimum Gasteiger partial charge on any atom is -0.506 e. The van der Waals surface area contributed by atoms with E-state index < -0.39 is 0 Å². The molecule has 3 rings (SSSR count). The van der Waals surface area contributed by atoms with E-state index in [1.807, 2.05) is 40.8 Å². The number of carbonyl (C=O) groups is 1. The van der Waals surface area contributed by atoms with Crippen molar-refractivity contribution in [2.75, 3.05) is 31.1 Å². The number of phenolic OH excluding ortho intramolecular Hbond substituents is 1. The van der Waals surface area contributed by atoms with Gasteiger partial charge in [-0.1, -0.05) is 12.1 Å². The minimum atomic E-state index is -0.0421. The summed E-state index contributed by atoms with van der Waals surface area (Å²) < 4.78 is 1.95. The Balaban J connectivity index is 1.49. The molecular weight excluding hydrogens is 306 g/mol. The first-order valence-electron chi connectivity index (χ1n) is 8.17. The topological polar surface area (TPSA) is 73.6 Å². The molecule has 1 aliphatic rings. The molecule has 1 fully saturated rings. The third-order valence-electron chi connectivity index (χ3n) is 4.20. The van der Waals surface area contributed by atoms with Gasteiger partial charge < -0.3 is 24.8 Å². The normalized spacial score (nSPS) is 16.0. The van der Waals surface area contributed by atoms with Crippen LogP contribution in [0.25, 0.3) is 0 Å². The highest BCUT2D eigenvalue weighted by atomic mass is 16.3. The molecule has 1 saturated heterocycles. The third-order valence-corrected chi connectivity index (χ3v) is 4.20. The van der Waals surface area contributed by atoms with E-state index >= 15 is 0 Å². The maximum atomic E-state index is 12.4. The summed E-state index contributed by atoms with van der Waals surface area (Å²) in [6.45, 7) is 5.37. The van der Waals surface area contributed by atoms with E-state index in [-0.39, 0.29) is 17.8 Å². The largest absolute Gasteiger partial charge is 0.506 e. The molecule has 24 heavy (non-hydrogen) atoms. The van der Waals surface area contributed by atoms with E-state index in [1.54, 1.807) is 18.6 Å². The maximum Gasteiger partial charge on any atom is 0.317 e. The summed E-state index contributed by atoms with van der Waals surface area (Å²) in [7, 11) is 0. The van der Waals surface area contributed by atoms with Crippen molar-refractivity contribution in [2.45, 2.75) is 19.5 Å². The van der Waals surface area contributed by atoms with Gasteiger partial charge in [0.2, 0.25) is 0 Å². The summed E-state index contributed by atoms with van der Waals surface area (Å²) in [6, 6.07) is 7.29. The van der Waals surface area contributed by atoms with Crippen LogP contribution in [0, 0.1) is 0 Å². The number of piperazine rings is 1. The molecule has 1 atom stereocenters. The molecule has 0 spiro atoms. The van der Waals surface area contributed by atoms with Crippen LogP contribution < -0.4 is 10.2 Å². The molecule has 2 amide bonds. The Morgan fingerprint density at radius 1 is 1.29 bits per heavy atom. The Labute approximate surface area is 141 Å². The maximum absolute atomic E-state index is 12.4. The number of imidazole rings is 1. The molecular formula is C17H23N5O2. The molecule has 1 aliphatic heterocycles. The number of benzene rings is 1. The van der Waals surface area contributed by atoms with E-state index in [9.17, 15) is 9.90 Å². The lowest BCUT2D eigenvalue weighted by Crippen LogP contribution is -2.53. The second kappa shape index (κ2) is 7.25. The number of carbonyl (C=O) groups excluding carboxylic acids is 1. The summed E-state index contributed by atoms with van der Waals surface area (Å²) in [5.74, 6) is 0.282. The van der Waals surface area contributed by atoms with Crippen molar-refractivity contribution in [3.63, 3.8) is 0 Å². The lowest BCUT2D eigenvalue weighted by atomic mass is 10.2. The Morgan fingerprint density at radius 3 is 2.71 bits per heavy atom. The number of nitrogens with one attached hydrogen (secondary N) is 1. The van der Waals surface area contributed by atoms with Crippen molar-refractivity contribution in [2.24, 2.45) is 0 Å². The predicted octanol–water partition coefficient (Wildman–Crippen LogP) is 1.51. The minimum absolute atomic E-state index is 0.0305. The van der Waals surface area contributed by atoms with Crippen LogP contribution in [-0.4, -0.2) is 57.8 Å². The van der Waals surface area contributed by atoms with Crippen LogP contribution in [0.15, 0.2) is 43.0 Å². The molecule has 2 aromatic rings. The number of phenols is 1. The highest BCUT2D eigenvalue weighted by molar-refractivity contribution is 5.75. The average molecular weight is 329 g/mol. The number of hydrogen-bond donors (Lipinski definition) is 2. The van der Waals surface area contributed by atoms with Crippen LogP contribution >= 0.6 is 0 Å². The zero-order valence-corrected chi connectivity index (χ0v) is 13.8. The molecule has 7 heteroatoms. The van der Waals surface area contributed by atoms with E-state index in [1.165, 1.54) is 0 Å². The fraction of sp³-hybridized carbons (Fsp3) is 0.412. The zero-order chi connectivity index (χ0) is 16.9. The lowest BCUT2D eigenvalue weighted by molar-refractivity contribution is 0.190. The van der Waals surface area contributed by atoms with Gasteiger partial charge in [0.1, 0.15) is 5.75 Å². The summed E-state index contributed by atoms with van der Waals surface area (Å²) in [4.78, 5) is 20.3. The van der Waals surface area contributed by atoms with Gasteiger partial charge in [-0.3, -0.25) is 0 Å². The monoisotopic (exact) mass is 329 g/mol. The highest BCUT2D eigenvalue weighted by Crippen LogP contribution is 2.27. The molecule has 2 N–H and O–H groups in total. The molecule has 7 nitrogen and oxygen atoms in total. The Kier molecular flexibility index (Phi) is 4.88. The summed E-state index contributed by atoms with van der Waals surface area (Å²) in [5, 5.41) is 13.0. The second-order valence-electron chi connectivity index (χ2n) is 6.07. The fourth-order valence-corrected chi connectivity index (χ4v) is 2.94. The molecule has 2 heterocycles. The summed E-state index contributed by atoms with van der Waals surface area (Å²) >= 11 is 0. The van der Waals surface area contributed by atoms with Gasteiger partial charge >= 0.3 is 6.03 Å². The van der Waals surface area contributed by atoms with Gasteiger partial charge in [-0.2, -0.15) is 0 Å². The number of aromatic nitrogens is 2. The van der Waals surface area contributed by atoms with Gasteiger partial charge in [0, 0.05) is 51.2 Å². The first kappa shape index (κ1) is 16.2. The smallest absolute Gasteiger partial charge is 0.317 e. The number of hydrogen-bond acceptors (Lipinski definition) is 4. The fourth-order valence-electron chi connectivity index (χ4n) is 2.94. The van der Waals surface area contributed by atoms with Crippen LogP contribution in [0.3, 0.4) is 0 Å². The van der Waals surface area contributed by atoms with Crippen molar-refractivity contribution >= 4 is 11.7 Å². The van der Waals surface area contributed by atoms with Crippen LogP contribution in [0.4, 0.5) is 10.5 Å². The molecule has 128 valence electrons. The predicted molar refractivity (Wildman–Crippen MR) is 92.1 cm³/mol. The molecule has 0 bridgehead atoms. The Bertz CT molecular complexity index is 665. The van der Waals surface area contributed by atoms with E-state index in [2.05, 4.69) is 15.2 Å². The summed E-state index contributed by atoms with van der Waals surface area (Å²) in [5.41, 5.74) is 0.825. The van der Waals surface area contributed by atoms with E-state index in [4.69, 9.17) is 0 Å². The first-order chi connectivity index (χ1) is 11.6. The van der Waals surface area contributed by atoms with Crippen molar-refractivity contribution in [1.29, 1.82) is 0 Å². The van der Waals surface area contributed by atoms with E-state index in [0.29, 0.717) is 32.7 Å². The second-order valence-corrected chi connectivity index (χ2v) is 6.07. The molecule has 1 aromatic carbocycles. The van der Waals surface area contributed by atoms with Crippen LogP contribution in [-0.2, 0) is 6.54 Å². The number of urea groups is 1. The van der Waals surface area contributed by atoms with Crippen molar-refractivity contribution in [3.8, 4) is 5.75 Å². The van der Waals surface area contributed by atoms with Gasteiger partial charge in [0.25, 0.3) is 0 Å². The molecule has 1 unspecified atom stereocenters. The highest BCUT2D eigenvalue weighted by Gasteiger charge is 2.23. The first-order valence-corrected chi connectivity index (χ1v) is 8.17. The Morgan fingerprint density at radius 2 is 2.04 bits per heavy atom. The van der Waals surface area contributed by atoms with Crippen molar-refractivity contribution < 1.29 is 9.90 Å². The summed E-state index contributed by atoms with van der Waals surface area (Å²) in [6.07, 6.45) is 5.36. The van der Waals surface area contributed by atoms with Gasteiger partial charge in [-0.05, 0) is 19.1 Å². The lowest BCUT2D eigenvalue weighted by Gasteiger charge is -2.36. The number of aromatic hydroxyl groups is 1. The number of anilines is 1. The molecule has 0 radical (unpaired) electrons. The van der Waals surface area contributed by atoms with Crippen LogP contribution in [0.5, 0.6) is 5.75 Å². The van der Waals surface area contributed by atoms with Crippen LogP contribution in [0.1, 0.15) is 6.92 Å². The molecule has 1 aromatic heterocycles. The van der Waals surface area contributed by atoms with Gasteiger partial charge in [-0.25, -0.2) is 9.78 Å². The Hall–Kier alpha value is -2.70. The SMILES string of the molecule is CC(Cn1ccnc1)NC(=O)N1CCN(c2ccccc2O)CC1. The van der Waals surface area contributed by atoms with Gasteiger partial charge in [0.05, 0.1) is 12.0 Å².